The Morgan fingerprint density at radius 2 is 2.27 bits per heavy atom. The zero-order chi connectivity index (χ0) is 11.3. The molecule has 1 heterocycles. The van der Waals surface area contributed by atoms with Crippen LogP contribution in [0.25, 0.3) is 0 Å². The first-order valence-electron chi connectivity index (χ1n) is 5.32. The molecule has 0 saturated carbocycles. The number of aromatic nitrogens is 2. The van der Waals surface area contributed by atoms with Gasteiger partial charge in [0.05, 0.1) is 6.20 Å². The van der Waals surface area contributed by atoms with Gasteiger partial charge < -0.3 is 5.32 Å². The van der Waals surface area contributed by atoms with Crippen molar-refractivity contribution in [2.24, 2.45) is 7.05 Å². The Hall–Kier alpha value is -0.350. The average molecular weight is 274 g/mol. The lowest BCUT2D eigenvalue weighted by molar-refractivity contribution is 0.383. The van der Waals surface area contributed by atoms with E-state index in [0.29, 0.717) is 0 Å². The van der Waals surface area contributed by atoms with Crippen LogP contribution in [0.15, 0.2) is 12.4 Å². The number of hydrogen-bond donors (Lipinski definition) is 1. The Morgan fingerprint density at radius 1 is 1.53 bits per heavy atom. The van der Waals surface area contributed by atoms with E-state index in [0.717, 1.165) is 24.7 Å². The van der Waals surface area contributed by atoms with E-state index in [9.17, 15) is 0 Å². The van der Waals surface area contributed by atoms with Crippen LogP contribution in [0.1, 0.15) is 25.8 Å². The van der Waals surface area contributed by atoms with Crippen molar-refractivity contribution in [2.45, 2.75) is 32.2 Å². The Kier molecular flexibility index (Phi) is 4.80. The highest BCUT2D eigenvalue weighted by Crippen LogP contribution is 2.09. The van der Waals surface area contributed by atoms with E-state index in [1.165, 1.54) is 5.56 Å². The summed E-state index contributed by atoms with van der Waals surface area (Å²) in [5.74, 6) is 0. The summed E-state index contributed by atoms with van der Waals surface area (Å²) < 4.78 is 1.85. The van der Waals surface area contributed by atoms with Gasteiger partial charge in [-0.15, -0.1) is 0 Å². The molecule has 1 N–H and O–H groups in total. The van der Waals surface area contributed by atoms with Crippen molar-refractivity contribution in [1.29, 1.82) is 0 Å². The fraction of sp³-hybridized carbons (Fsp3) is 0.727. The van der Waals surface area contributed by atoms with E-state index in [1.807, 2.05) is 17.9 Å². The lowest BCUT2D eigenvalue weighted by atomic mass is 10.0. The molecule has 0 unspecified atom stereocenters. The third kappa shape index (κ3) is 4.80. The molecule has 0 fully saturated rings. The molecule has 1 aromatic rings. The van der Waals surface area contributed by atoms with E-state index in [1.54, 1.807) is 0 Å². The second-order valence-corrected chi connectivity index (χ2v) is 5.31. The standard InChI is InChI=1S/C11H20BrN3/c1-11(2,5-6-12)13-7-4-10-8-14-15(3)9-10/h8-9,13H,4-7H2,1-3H3. The molecule has 0 saturated heterocycles. The number of alkyl halides is 1. The van der Waals surface area contributed by atoms with Crippen LogP contribution < -0.4 is 5.32 Å². The van der Waals surface area contributed by atoms with Gasteiger partial charge in [0.15, 0.2) is 0 Å². The number of rotatable bonds is 6. The van der Waals surface area contributed by atoms with Crippen molar-refractivity contribution in [3.8, 4) is 0 Å². The van der Waals surface area contributed by atoms with Gasteiger partial charge in [0.25, 0.3) is 0 Å². The molecular formula is C11H20BrN3. The van der Waals surface area contributed by atoms with Crippen molar-refractivity contribution >= 4 is 15.9 Å². The molecule has 0 aromatic carbocycles. The number of aryl methyl sites for hydroxylation is 1. The molecule has 0 atom stereocenters. The number of nitrogens with zero attached hydrogens (tertiary/aromatic N) is 2. The Bertz CT molecular complexity index is 294. The summed E-state index contributed by atoms with van der Waals surface area (Å²) in [7, 11) is 1.95. The molecule has 4 heteroatoms. The van der Waals surface area contributed by atoms with Crippen LogP contribution in [0.3, 0.4) is 0 Å². The van der Waals surface area contributed by atoms with E-state index in [2.05, 4.69) is 46.4 Å². The minimum Gasteiger partial charge on any atom is -0.311 e. The quantitative estimate of drug-likeness (QED) is 0.805. The van der Waals surface area contributed by atoms with Crippen LogP contribution in [-0.2, 0) is 13.5 Å². The van der Waals surface area contributed by atoms with E-state index < -0.39 is 0 Å². The minimum atomic E-state index is 0.214. The molecule has 0 spiro atoms. The Labute approximate surface area is 100 Å². The molecule has 0 radical (unpaired) electrons. The van der Waals surface area contributed by atoms with Crippen molar-refractivity contribution < 1.29 is 0 Å². The van der Waals surface area contributed by atoms with E-state index >= 15 is 0 Å². The first-order chi connectivity index (χ1) is 7.03. The van der Waals surface area contributed by atoms with Crippen molar-refractivity contribution in [3.63, 3.8) is 0 Å². The van der Waals surface area contributed by atoms with Gasteiger partial charge >= 0.3 is 0 Å². The highest BCUT2D eigenvalue weighted by molar-refractivity contribution is 9.09. The maximum absolute atomic E-state index is 4.15. The van der Waals surface area contributed by atoms with Crippen molar-refractivity contribution in [1.82, 2.24) is 15.1 Å². The first kappa shape index (κ1) is 12.7. The highest BCUT2D eigenvalue weighted by atomic mass is 79.9. The number of nitrogens with one attached hydrogen (secondary N) is 1. The van der Waals surface area contributed by atoms with Crippen LogP contribution in [-0.4, -0.2) is 27.2 Å². The Balaban J connectivity index is 2.27. The van der Waals surface area contributed by atoms with Gasteiger partial charge in [0.2, 0.25) is 0 Å². The molecule has 0 bridgehead atoms. The first-order valence-corrected chi connectivity index (χ1v) is 6.44. The second kappa shape index (κ2) is 5.66. The molecule has 0 aliphatic rings. The minimum absolute atomic E-state index is 0.214. The summed E-state index contributed by atoms with van der Waals surface area (Å²) in [6.07, 6.45) is 6.18. The van der Waals surface area contributed by atoms with Crippen LogP contribution in [0.4, 0.5) is 0 Å². The molecule has 15 heavy (non-hydrogen) atoms. The summed E-state index contributed by atoms with van der Waals surface area (Å²) >= 11 is 3.47. The lowest BCUT2D eigenvalue weighted by Gasteiger charge is -2.25. The van der Waals surface area contributed by atoms with Crippen LogP contribution in [0, 0.1) is 0 Å². The fourth-order valence-corrected chi connectivity index (χ4v) is 2.46. The van der Waals surface area contributed by atoms with Gasteiger partial charge in [-0.1, -0.05) is 15.9 Å². The third-order valence-electron chi connectivity index (χ3n) is 2.50. The molecule has 1 rings (SSSR count). The third-order valence-corrected chi connectivity index (χ3v) is 2.89. The summed E-state index contributed by atoms with van der Waals surface area (Å²) in [6, 6.07) is 0. The smallest absolute Gasteiger partial charge is 0.0522 e. The van der Waals surface area contributed by atoms with Crippen molar-refractivity contribution in [2.75, 3.05) is 11.9 Å². The zero-order valence-electron chi connectivity index (χ0n) is 9.76. The predicted molar refractivity (Wildman–Crippen MR) is 67.4 cm³/mol. The molecular weight excluding hydrogens is 254 g/mol. The molecule has 3 nitrogen and oxygen atoms in total. The van der Waals surface area contributed by atoms with E-state index in [-0.39, 0.29) is 5.54 Å². The summed E-state index contributed by atoms with van der Waals surface area (Å²) in [6.45, 7) is 5.47. The maximum atomic E-state index is 4.15. The van der Waals surface area contributed by atoms with Gasteiger partial charge in [-0.3, -0.25) is 4.68 Å². The molecule has 0 amide bonds. The maximum Gasteiger partial charge on any atom is 0.0522 e. The summed E-state index contributed by atoms with van der Waals surface area (Å²) in [5.41, 5.74) is 1.51. The molecule has 86 valence electrons. The lowest BCUT2D eigenvalue weighted by Crippen LogP contribution is -2.40. The van der Waals surface area contributed by atoms with Crippen molar-refractivity contribution in [3.05, 3.63) is 18.0 Å². The monoisotopic (exact) mass is 273 g/mol. The molecule has 0 aliphatic heterocycles. The van der Waals surface area contributed by atoms with Crippen LogP contribution in [0.2, 0.25) is 0 Å². The van der Waals surface area contributed by atoms with Gasteiger partial charge in [0, 0.05) is 24.1 Å². The number of hydrogen-bond acceptors (Lipinski definition) is 2. The zero-order valence-corrected chi connectivity index (χ0v) is 11.3. The highest BCUT2D eigenvalue weighted by Gasteiger charge is 2.14. The Morgan fingerprint density at radius 3 is 2.80 bits per heavy atom. The fourth-order valence-electron chi connectivity index (χ4n) is 1.47. The number of halogens is 1. The summed E-state index contributed by atoms with van der Waals surface area (Å²) in [4.78, 5) is 0. The van der Waals surface area contributed by atoms with Gasteiger partial charge in [-0.05, 0) is 38.8 Å². The van der Waals surface area contributed by atoms with Crippen LogP contribution >= 0.6 is 15.9 Å². The second-order valence-electron chi connectivity index (χ2n) is 4.52. The molecule has 0 aliphatic carbocycles. The van der Waals surface area contributed by atoms with Gasteiger partial charge in [-0.25, -0.2) is 0 Å². The van der Waals surface area contributed by atoms with Gasteiger partial charge in [-0.2, -0.15) is 5.10 Å². The van der Waals surface area contributed by atoms with E-state index in [4.69, 9.17) is 0 Å². The normalized spacial score (nSPS) is 12.0. The van der Waals surface area contributed by atoms with Gasteiger partial charge in [0.1, 0.15) is 0 Å². The topological polar surface area (TPSA) is 29.9 Å². The predicted octanol–water partition coefficient (Wildman–Crippen LogP) is 2.12. The summed E-state index contributed by atoms with van der Waals surface area (Å²) in [5, 5.41) is 8.74. The SMILES string of the molecule is Cn1cc(CCNC(C)(C)CCBr)cn1. The average Bonchev–Trinajstić information content (AvgIpc) is 2.51. The van der Waals surface area contributed by atoms with Crippen LogP contribution in [0.5, 0.6) is 0 Å². The largest absolute Gasteiger partial charge is 0.311 e. The molecule has 1 aromatic heterocycles.